The van der Waals surface area contributed by atoms with Crippen molar-refractivity contribution >= 4 is 16.7 Å². The molecule has 4 aromatic heterocycles. The number of pyridine rings is 2. The lowest BCUT2D eigenvalue weighted by Gasteiger charge is -2.35. The number of fused-ring (bicyclic) bond motifs is 1. The fraction of sp³-hybridized carbons (Fsp3) is 0.440. The van der Waals surface area contributed by atoms with Gasteiger partial charge < -0.3 is 14.7 Å². The highest BCUT2D eigenvalue weighted by Gasteiger charge is 2.27. The van der Waals surface area contributed by atoms with Crippen molar-refractivity contribution in [3.8, 4) is 22.6 Å². The molecule has 0 spiro atoms. The second kappa shape index (κ2) is 9.90. The summed E-state index contributed by atoms with van der Waals surface area (Å²) in [5.41, 5.74) is 3.70. The van der Waals surface area contributed by atoms with E-state index in [1.807, 2.05) is 50.6 Å². The fourth-order valence-electron chi connectivity index (χ4n) is 4.21. The molecule has 1 saturated heterocycles. The van der Waals surface area contributed by atoms with E-state index in [2.05, 4.69) is 38.2 Å². The lowest BCUT2D eigenvalue weighted by atomic mass is 10.0. The van der Waals surface area contributed by atoms with Gasteiger partial charge in [-0.05, 0) is 45.0 Å². The third kappa shape index (κ3) is 4.28. The number of hydrogen-bond donors (Lipinski definition) is 2. The van der Waals surface area contributed by atoms with Crippen LogP contribution in [-0.4, -0.2) is 67.5 Å². The van der Waals surface area contributed by atoms with E-state index in [0.29, 0.717) is 13.2 Å². The van der Waals surface area contributed by atoms with E-state index < -0.39 is 5.54 Å². The molecule has 1 unspecified atom stereocenters. The molecule has 34 heavy (non-hydrogen) atoms. The number of aliphatic hydroxyl groups is 1. The minimum absolute atomic E-state index is 0.0288. The van der Waals surface area contributed by atoms with E-state index in [4.69, 9.17) is 9.72 Å². The number of aliphatic hydroxyl groups excluding tert-OH is 1. The number of aromatic nitrogens is 6. The van der Waals surface area contributed by atoms with Crippen LogP contribution in [0.4, 0.5) is 5.82 Å². The van der Waals surface area contributed by atoms with Gasteiger partial charge in [-0.3, -0.25) is 14.8 Å². The van der Waals surface area contributed by atoms with Gasteiger partial charge in [0.05, 0.1) is 42.8 Å². The number of aromatic amines is 1. The summed E-state index contributed by atoms with van der Waals surface area (Å²) in [5, 5.41) is 22.6. The van der Waals surface area contributed by atoms with Crippen LogP contribution in [0.2, 0.25) is 0 Å². The Morgan fingerprint density at radius 2 is 2.00 bits per heavy atom. The SMILES string of the molecule is CC.CC1COCCN1c1cc(-c2ccnn2C(C)(C)CO)c2ccnc(-c3ccn[nH]3)c2n1. The fourth-order valence-corrected chi connectivity index (χ4v) is 4.21. The molecule has 9 nitrogen and oxygen atoms in total. The molecule has 9 heteroatoms. The third-order valence-corrected chi connectivity index (χ3v) is 6.01. The van der Waals surface area contributed by atoms with Crippen molar-refractivity contribution in [3.63, 3.8) is 0 Å². The first-order valence-corrected chi connectivity index (χ1v) is 11.8. The van der Waals surface area contributed by atoms with E-state index >= 15 is 0 Å². The highest BCUT2D eigenvalue weighted by atomic mass is 16.5. The van der Waals surface area contributed by atoms with Crippen LogP contribution in [-0.2, 0) is 10.3 Å². The summed E-state index contributed by atoms with van der Waals surface area (Å²) < 4.78 is 7.53. The maximum atomic E-state index is 10.00. The van der Waals surface area contributed by atoms with Gasteiger partial charge in [0.25, 0.3) is 0 Å². The van der Waals surface area contributed by atoms with Crippen LogP contribution in [0.15, 0.2) is 42.9 Å². The molecule has 1 aliphatic heterocycles. The zero-order chi connectivity index (χ0) is 24.3. The van der Waals surface area contributed by atoms with Gasteiger partial charge in [0.1, 0.15) is 17.0 Å². The Labute approximate surface area is 199 Å². The van der Waals surface area contributed by atoms with Gasteiger partial charge in [0.15, 0.2) is 0 Å². The van der Waals surface area contributed by atoms with Crippen LogP contribution in [0.1, 0.15) is 34.6 Å². The maximum Gasteiger partial charge on any atom is 0.130 e. The third-order valence-electron chi connectivity index (χ3n) is 6.01. The average molecular weight is 464 g/mol. The molecule has 0 aromatic carbocycles. The first-order valence-electron chi connectivity index (χ1n) is 11.8. The van der Waals surface area contributed by atoms with Gasteiger partial charge in [0.2, 0.25) is 0 Å². The summed E-state index contributed by atoms with van der Waals surface area (Å²) in [5.74, 6) is 0.867. The van der Waals surface area contributed by atoms with Crippen LogP contribution < -0.4 is 4.90 Å². The van der Waals surface area contributed by atoms with Crippen molar-refractivity contribution in [3.05, 3.63) is 42.9 Å². The first kappa shape index (κ1) is 23.8. The lowest BCUT2D eigenvalue weighted by Crippen LogP contribution is -2.44. The molecule has 0 amide bonds. The number of H-pyrrole nitrogens is 1. The van der Waals surface area contributed by atoms with Crippen molar-refractivity contribution in [1.82, 2.24) is 29.9 Å². The number of rotatable bonds is 5. The number of ether oxygens (including phenoxy) is 1. The highest BCUT2D eigenvalue weighted by Crippen LogP contribution is 2.36. The predicted octanol–water partition coefficient (Wildman–Crippen LogP) is 3.86. The van der Waals surface area contributed by atoms with Crippen LogP contribution in [0, 0.1) is 0 Å². The van der Waals surface area contributed by atoms with E-state index in [1.54, 1.807) is 18.6 Å². The Morgan fingerprint density at radius 1 is 1.18 bits per heavy atom. The van der Waals surface area contributed by atoms with Gasteiger partial charge in [0, 0.05) is 36.1 Å². The Morgan fingerprint density at radius 3 is 2.71 bits per heavy atom. The zero-order valence-electron chi connectivity index (χ0n) is 20.5. The van der Waals surface area contributed by atoms with Crippen molar-refractivity contribution in [2.75, 3.05) is 31.3 Å². The number of nitrogens with one attached hydrogen (secondary N) is 1. The van der Waals surface area contributed by atoms with Crippen LogP contribution in [0.25, 0.3) is 33.5 Å². The molecule has 2 N–H and O–H groups in total. The maximum absolute atomic E-state index is 10.00. The Kier molecular flexibility index (Phi) is 6.95. The van der Waals surface area contributed by atoms with E-state index in [9.17, 15) is 5.11 Å². The molecule has 180 valence electrons. The normalized spacial score (nSPS) is 16.4. The van der Waals surface area contributed by atoms with Gasteiger partial charge in [-0.15, -0.1) is 0 Å². The van der Waals surface area contributed by atoms with E-state index in [0.717, 1.165) is 45.9 Å². The van der Waals surface area contributed by atoms with Gasteiger partial charge in [-0.25, -0.2) is 4.98 Å². The summed E-state index contributed by atoms with van der Waals surface area (Å²) in [6.45, 7) is 12.1. The zero-order valence-corrected chi connectivity index (χ0v) is 20.5. The molecule has 0 saturated carbocycles. The molecule has 1 aliphatic rings. The highest BCUT2D eigenvalue weighted by molar-refractivity contribution is 6.01. The molecule has 1 fully saturated rings. The molecule has 1 atom stereocenters. The quantitative estimate of drug-likeness (QED) is 0.463. The van der Waals surface area contributed by atoms with Crippen molar-refractivity contribution < 1.29 is 9.84 Å². The van der Waals surface area contributed by atoms with Gasteiger partial charge in [-0.2, -0.15) is 10.2 Å². The van der Waals surface area contributed by atoms with Crippen molar-refractivity contribution in [2.24, 2.45) is 0 Å². The summed E-state index contributed by atoms with van der Waals surface area (Å²) in [6.07, 6.45) is 5.27. The Balaban J connectivity index is 0.00000133. The van der Waals surface area contributed by atoms with Crippen LogP contribution >= 0.6 is 0 Å². The van der Waals surface area contributed by atoms with Gasteiger partial charge >= 0.3 is 0 Å². The number of anilines is 1. The molecule has 5 rings (SSSR count). The number of hydrogen-bond acceptors (Lipinski definition) is 7. The smallest absolute Gasteiger partial charge is 0.130 e. The number of nitrogens with zero attached hydrogens (tertiary/aromatic N) is 6. The van der Waals surface area contributed by atoms with E-state index in [-0.39, 0.29) is 12.6 Å². The molecule has 0 radical (unpaired) electrons. The Hall–Kier alpha value is -3.30. The topological polar surface area (TPSA) is 105 Å². The average Bonchev–Trinajstić information content (AvgIpc) is 3.57. The minimum atomic E-state index is -0.555. The largest absolute Gasteiger partial charge is 0.394 e. The molecular weight excluding hydrogens is 430 g/mol. The van der Waals surface area contributed by atoms with Crippen LogP contribution in [0.3, 0.4) is 0 Å². The van der Waals surface area contributed by atoms with E-state index in [1.165, 1.54) is 0 Å². The second-order valence-corrected chi connectivity index (χ2v) is 8.77. The summed E-state index contributed by atoms with van der Waals surface area (Å²) >= 11 is 0. The summed E-state index contributed by atoms with van der Waals surface area (Å²) in [4.78, 5) is 12.0. The minimum Gasteiger partial charge on any atom is -0.394 e. The molecule has 0 aliphatic carbocycles. The second-order valence-electron chi connectivity index (χ2n) is 8.77. The molecular formula is C25H33N7O2. The lowest BCUT2D eigenvalue weighted by molar-refractivity contribution is 0.0986. The molecule has 0 bridgehead atoms. The summed E-state index contributed by atoms with van der Waals surface area (Å²) in [7, 11) is 0. The molecule has 4 aromatic rings. The van der Waals surface area contributed by atoms with Crippen LogP contribution in [0.5, 0.6) is 0 Å². The predicted molar refractivity (Wildman–Crippen MR) is 134 cm³/mol. The molecule has 5 heterocycles. The number of morpholine rings is 1. The van der Waals surface area contributed by atoms with Crippen molar-refractivity contribution in [2.45, 2.75) is 46.2 Å². The first-order chi connectivity index (χ1) is 16.5. The summed E-state index contributed by atoms with van der Waals surface area (Å²) in [6, 6.07) is 8.17. The Bertz CT molecular complexity index is 1230. The van der Waals surface area contributed by atoms with Gasteiger partial charge in [-0.1, -0.05) is 13.8 Å². The monoisotopic (exact) mass is 463 g/mol. The van der Waals surface area contributed by atoms with Crippen molar-refractivity contribution in [1.29, 1.82) is 0 Å². The standard InChI is InChI=1S/C23H27N7O2.C2H6/c1-15-13-32-11-10-29(15)20-12-17(19-6-9-26-30(19)23(2,3)14-31)16-4-7-24-22(21(16)27-20)18-5-8-25-28-18;1-2/h4-9,12,15,31H,10-11,13-14H2,1-3H3,(H,25,28);1-2H3.